The van der Waals surface area contributed by atoms with E-state index in [1.54, 1.807) is 0 Å². The van der Waals surface area contributed by atoms with Gasteiger partial charge in [-0.15, -0.1) is 0 Å². The van der Waals surface area contributed by atoms with Crippen LogP contribution in [0, 0.1) is 0 Å². The van der Waals surface area contributed by atoms with Crippen LogP contribution in [0.3, 0.4) is 0 Å². The molecule has 0 spiro atoms. The maximum atomic E-state index is 12.9. The first-order valence-electron chi connectivity index (χ1n) is 35.3. The van der Waals surface area contributed by atoms with Gasteiger partial charge in [0, 0.05) is 12.8 Å². The summed E-state index contributed by atoms with van der Waals surface area (Å²) < 4.78 is 22.8. The normalized spacial score (nSPS) is 12.9. The van der Waals surface area contributed by atoms with E-state index in [9.17, 15) is 19.5 Å². The highest BCUT2D eigenvalue weighted by molar-refractivity contribution is 5.70. The van der Waals surface area contributed by atoms with Crippen LogP contribution in [0.5, 0.6) is 0 Å². The van der Waals surface area contributed by atoms with Crippen LogP contribution < -0.4 is 5.11 Å². The molecule has 82 heavy (non-hydrogen) atoms. The van der Waals surface area contributed by atoms with Crippen molar-refractivity contribution < 1.29 is 42.9 Å². The molecule has 2 atom stereocenters. The zero-order valence-corrected chi connectivity index (χ0v) is 54.9. The second-order valence-electron chi connectivity index (χ2n) is 25.2. The number of ether oxygens (including phenoxy) is 4. The van der Waals surface area contributed by atoms with Gasteiger partial charge in [-0.25, -0.2) is 0 Å². The summed E-state index contributed by atoms with van der Waals surface area (Å²) in [5, 5.41) is 11.8. The number of esters is 2. The van der Waals surface area contributed by atoms with E-state index in [4.69, 9.17) is 18.9 Å². The van der Waals surface area contributed by atoms with Crippen LogP contribution in [0.2, 0.25) is 0 Å². The average Bonchev–Trinajstić information content (AvgIpc) is 3.45. The third-order valence-electron chi connectivity index (χ3n) is 15.8. The minimum absolute atomic E-state index is 0.148. The number of hydrogen-bond donors (Lipinski definition) is 0. The first-order valence-corrected chi connectivity index (χ1v) is 35.3. The van der Waals surface area contributed by atoms with Gasteiger partial charge < -0.3 is 33.3 Å². The molecular weight excluding hydrogens is 1020 g/mol. The van der Waals surface area contributed by atoms with Crippen molar-refractivity contribution in [2.45, 2.75) is 354 Å². The molecular formula is C73H135NO8. The highest BCUT2D eigenvalue weighted by atomic mass is 16.7. The molecule has 0 radical (unpaired) electrons. The third-order valence-corrected chi connectivity index (χ3v) is 15.8. The van der Waals surface area contributed by atoms with Gasteiger partial charge in [-0.3, -0.25) is 9.59 Å². The number of hydrogen-bond acceptors (Lipinski definition) is 8. The standard InChI is InChI=1S/C73H135NO8/c1-6-8-10-12-14-16-18-20-22-24-26-28-30-32-33-34-35-36-37-38-40-41-43-45-47-49-51-53-55-57-59-61-63-70(75)80-67-69(68-81-73(72(77)78)79-66-65-74(3,4)5)82-71(76)64-62-60-58-56-54-52-50-48-46-44-42-39-31-29-27-25-23-21-19-17-15-13-11-9-7-2/h9,11,15,17,21,23,27,29,69,73H,6-8,10,12-14,16,18-20,22,24-26,28,30-68H2,1-5H3/b11-9-,17-15-,23-21-,29-27-. The van der Waals surface area contributed by atoms with Gasteiger partial charge >= 0.3 is 11.9 Å². The van der Waals surface area contributed by atoms with E-state index in [-0.39, 0.29) is 32.2 Å². The van der Waals surface area contributed by atoms with Crippen LogP contribution in [-0.4, -0.2) is 82.3 Å². The largest absolute Gasteiger partial charge is 0.545 e. The zero-order valence-electron chi connectivity index (χ0n) is 54.9. The summed E-state index contributed by atoms with van der Waals surface area (Å²) in [7, 11) is 5.94. The lowest BCUT2D eigenvalue weighted by Crippen LogP contribution is -2.44. The molecule has 2 unspecified atom stereocenters. The number of carbonyl (C=O) groups is 3. The molecule has 0 aromatic rings. The van der Waals surface area contributed by atoms with Crippen LogP contribution in [-0.2, 0) is 33.3 Å². The lowest BCUT2D eigenvalue weighted by Gasteiger charge is -2.26. The van der Waals surface area contributed by atoms with Crippen molar-refractivity contribution in [2.24, 2.45) is 0 Å². The van der Waals surface area contributed by atoms with Gasteiger partial charge in [-0.05, 0) is 51.4 Å². The minimum atomic E-state index is -1.62. The number of likely N-dealkylation sites (N-methyl/N-ethyl adjacent to an activating group) is 1. The summed E-state index contributed by atoms with van der Waals surface area (Å²) in [5.74, 6) is -2.26. The van der Waals surface area contributed by atoms with Crippen molar-refractivity contribution in [1.82, 2.24) is 0 Å². The van der Waals surface area contributed by atoms with E-state index < -0.39 is 24.3 Å². The van der Waals surface area contributed by atoms with Crippen LogP contribution >= 0.6 is 0 Å². The molecule has 0 aliphatic rings. The van der Waals surface area contributed by atoms with Gasteiger partial charge in [0.25, 0.3) is 0 Å². The van der Waals surface area contributed by atoms with E-state index in [1.807, 2.05) is 21.1 Å². The van der Waals surface area contributed by atoms with Crippen molar-refractivity contribution in [2.75, 3.05) is 47.5 Å². The van der Waals surface area contributed by atoms with Crippen LogP contribution in [0.1, 0.15) is 341 Å². The second kappa shape index (κ2) is 64.3. The Morgan fingerprint density at radius 3 is 1.04 bits per heavy atom. The Labute approximate surface area is 508 Å². The fraction of sp³-hybridized carbons (Fsp3) is 0.849. The van der Waals surface area contributed by atoms with Crippen LogP contribution in [0.25, 0.3) is 0 Å². The molecule has 0 aromatic heterocycles. The Hall–Kier alpha value is -2.75. The lowest BCUT2D eigenvalue weighted by molar-refractivity contribution is -0.870. The van der Waals surface area contributed by atoms with Crippen LogP contribution in [0.15, 0.2) is 48.6 Å². The highest BCUT2D eigenvalue weighted by Gasteiger charge is 2.22. The van der Waals surface area contributed by atoms with E-state index >= 15 is 0 Å². The molecule has 0 amide bonds. The monoisotopic (exact) mass is 1150 g/mol. The van der Waals surface area contributed by atoms with Crippen molar-refractivity contribution in [3.8, 4) is 0 Å². The quantitative estimate of drug-likeness (QED) is 0.0195. The molecule has 0 rings (SSSR count). The van der Waals surface area contributed by atoms with Crippen molar-refractivity contribution in [3.63, 3.8) is 0 Å². The molecule has 0 fully saturated rings. The van der Waals surface area contributed by atoms with Gasteiger partial charge in [-0.1, -0.05) is 326 Å². The number of carboxylic acid groups (broad SMARTS) is 1. The number of carboxylic acids is 1. The van der Waals surface area contributed by atoms with E-state index in [0.29, 0.717) is 23.9 Å². The molecule has 0 heterocycles. The van der Waals surface area contributed by atoms with E-state index in [0.717, 1.165) is 64.2 Å². The highest BCUT2D eigenvalue weighted by Crippen LogP contribution is 2.19. The molecule has 480 valence electrons. The van der Waals surface area contributed by atoms with Crippen molar-refractivity contribution >= 4 is 17.9 Å². The predicted octanol–water partition coefficient (Wildman–Crippen LogP) is 20.4. The summed E-state index contributed by atoms with van der Waals surface area (Å²) in [4.78, 5) is 37.5. The van der Waals surface area contributed by atoms with Crippen molar-refractivity contribution in [1.29, 1.82) is 0 Å². The zero-order chi connectivity index (χ0) is 59.8. The van der Waals surface area contributed by atoms with E-state index in [2.05, 4.69) is 62.5 Å². The number of quaternary nitrogens is 1. The molecule has 0 aliphatic heterocycles. The number of carbonyl (C=O) groups excluding carboxylic acids is 3. The Kier molecular flexibility index (Phi) is 62.1. The van der Waals surface area contributed by atoms with Crippen molar-refractivity contribution in [3.05, 3.63) is 48.6 Å². The van der Waals surface area contributed by atoms with Gasteiger partial charge in [0.05, 0.1) is 40.3 Å². The fourth-order valence-electron chi connectivity index (χ4n) is 10.5. The van der Waals surface area contributed by atoms with Gasteiger partial charge in [0.2, 0.25) is 0 Å². The van der Waals surface area contributed by atoms with Gasteiger partial charge in [0.15, 0.2) is 12.4 Å². The third kappa shape index (κ3) is 64.8. The first-order chi connectivity index (χ1) is 40.1. The van der Waals surface area contributed by atoms with E-state index in [1.165, 1.54) is 244 Å². The Morgan fingerprint density at radius 2 is 0.695 bits per heavy atom. The maximum absolute atomic E-state index is 12.9. The molecule has 0 saturated heterocycles. The SMILES string of the molecule is CC/C=C\C/C=C\C/C=C\C/C=C\CCCCCCCCCCCCCCC(=O)OC(COC(=O)CCCCCCCCCCCCCCCCCCCCCCCCCCCCCCCCCC)COC(OCC[N+](C)(C)C)C(=O)[O-]. The van der Waals surface area contributed by atoms with Gasteiger partial charge in [0.1, 0.15) is 13.2 Å². The molecule has 9 heteroatoms. The topological polar surface area (TPSA) is 111 Å². The summed E-state index contributed by atoms with van der Waals surface area (Å²) in [6.07, 6.45) is 79.2. The molecule has 0 bridgehead atoms. The molecule has 0 N–H and O–H groups in total. The minimum Gasteiger partial charge on any atom is -0.545 e. The fourth-order valence-corrected chi connectivity index (χ4v) is 10.5. The number of unbranched alkanes of at least 4 members (excludes halogenated alkanes) is 43. The lowest BCUT2D eigenvalue weighted by atomic mass is 10.0. The Morgan fingerprint density at radius 1 is 0.378 bits per heavy atom. The molecule has 0 saturated carbocycles. The second-order valence-corrected chi connectivity index (χ2v) is 25.2. The molecule has 0 aromatic carbocycles. The number of rotatable bonds is 66. The average molecular weight is 1150 g/mol. The number of aliphatic carboxylic acids is 1. The summed E-state index contributed by atoms with van der Waals surface area (Å²) in [6.45, 7) is 4.69. The van der Waals surface area contributed by atoms with Gasteiger partial charge in [-0.2, -0.15) is 0 Å². The Balaban J connectivity index is 4.05. The maximum Gasteiger partial charge on any atom is 0.306 e. The number of nitrogens with zero attached hydrogens (tertiary/aromatic N) is 1. The number of allylic oxidation sites excluding steroid dienone is 8. The smallest absolute Gasteiger partial charge is 0.306 e. The molecule has 9 nitrogen and oxygen atoms in total. The molecule has 0 aliphatic carbocycles. The Bertz CT molecular complexity index is 1480. The summed E-state index contributed by atoms with van der Waals surface area (Å²) in [5.41, 5.74) is 0. The summed E-state index contributed by atoms with van der Waals surface area (Å²) >= 11 is 0. The van der Waals surface area contributed by atoms with Crippen LogP contribution in [0.4, 0.5) is 0 Å². The summed E-state index contributed by atoms with van der Waals surface area (Å²) in [6, 6.07) is 0. The first kappa shape index (κ1) is 79.2. The predicted molar refractivity (Wildman–Crippen MR) is 348 cm³/mol.